The van der Waals surface area contributed by atoms with Gasteiger partial charge in [-0.15, -0.1) is 12.4 Å². The highest BCUT2D eigenvalue weighted by molar-refractivity contribution is 9.10. The van der Waals surface area contributed by atoms with E-state index in [9.17, 15) is 4.79 Å². The Hall–Kier alpha value is -0.780. The summed E-state index contributed by atoms with van der Waals surface area (Å²) in [4.78, 5) is 12.3. The highest BCUT2D eigenvalue weighted by Crippen LogP contribution is 2.26. The van der Waals surface area contributed by atoms with Gasteiger partial charge in [0.05, 0.1) is 11.6 Å². The first-order chi connectivity index (χ1) is 9.31. The number of hydrogen-bond donors (Lipinski definition) is 2. The molecule has 1 atom stereocenters. The second-order valence-electron chi connectivity index (χ2n) is 5.67. The molecular weight excluding hydrogens is 356 g/mol. The summed E-state index contributed by atoms with van der Waals surface area (Å²) in [5, 5.41) is 3.03. The van der Waals surface area contributed by atoms with Gasteiger partial charge in [-0.3, -0.25) is 4.79 Å². The van der Waals surface area contributed by atoms with Crippen LogP contribution in [-0.4, -0.2) is 25.1 Å². The Bertz CT molecular complexity index is 483. The van der Waals surface area contributed by atoms with E-state index in [0.717, 1.165) is 10.9 Å². The van der Waals surface area contributed by atoms with Gasteiger partial charge in [-0.25, -0.2) is 0 Å². The van der Waals surface area contributed by atoms with Gasteiger partial charge in [-0.1, -0.05) is 13.8 Å². The van der Waals surface area contributed by atoms with Gasteiger partial charge in [0.2, 0.25) is 0 Å². The van der Waals surface area contributed by atoms with Crippen LogP contribution in [0.5, 0.6) is 5.75 Å². The summed E-state index contributed by atoms with van der Waals surface area (Å²) in [7, 11) is 1.59. The van der Waals surface area contributed by atoms with Gasteiger partial charge in [-0.2, -0.15) is 0 Å². The van der Waals surface area contributed by atoms with Crippen LogP contribution >= 0.6 is 28.3 Å². The summed E-state index contributed by atoms with van der Waals surface area (Å²) >= 11 is 3.38. The van der Waals surface area contributed by atoms with Gasteiger partial charge < -0.3 is 15.8 Å². The van der Waals surface area contributed by atoms with E-state index in [1.807, 2.05) is 6.92 Å². The second-order valence-corrected chi connectivity index (χ2v) is 6.52. The fourth-order valence-electron chi connectivity index (χ4n) is 2.24. The Balaban J connectivity index is 0.00000400. The highest BCUT2D eigenvalue weighted by atomic mass is 79.9. The molecule has 21 heavy (non-hydrogen) atoms. The average molecular weight is 380 g/mol. The van der Waals surface area contributed by atoms with Gasteiger partial charge in [0.25, 0.3) is 5.91 Å². The molecule has 3 N–H and O–H groups in total. The SMILES string of the molecule is COc1ccc(C(=O)NC(C)(CN)CC(C)C)cc1Br.Cl. The predicted molar refractivity (Wildman–Crippen MR) is 92.3 cm³/mol. The molecule has 6 heteroatoms. The number of amides is 1. The van der Waals surface area contributed by atoms with Crippen LogP contribution in [0.25, 0.3) is 0 Å². The molecule has 120 valence electrons. The van der Waals surface area contributed by atoms with Crippen molar-refractivity contribution in [1.82, 2.24) is 5.32 Å². The molecule has 0 aliphatic carbocycles. The van der Waals surface area contributed by atoms with Crippen LogP contribution in [0.3, 0.4) is 0 Å². The number of hydrogen-bond acceptors (Lipinski definition) is 3. The van der Waals surface area contributed by atoms with Crippen LogP contribution in [0, 0.1) is 5.92 Å². The second kappa shape index (κ2) is 8.61. The molecule has 1 aromatic rings. The molecule has 0 heterocycles. The van der Waals surface area contributed by atoms with E-state index in [0.29, 0.717) is 23.8 Å². The van der Waals surface area contributed by atoms with Gasteiger partial charge in [0, 0.05) is 17.6 Å². The zero-order chi connectivity index (χ0) is 15.3. The maximum absolute atomic E-state index is 12.3. The summed E-state index contributed by atoms with van der Waals surface area (Å²) < 4.78 is 5.91. The molecule has 0 saturated carbocycles. The van der Waals surface area contributed by atoms with Crippen molar-refractivity contribution in [2.24, 2.45) is 11.7 Å². The molecule has 4 nitrogen and oxygen atoms in total. The lowest BCUT2D eigenvalue weighted by Crippen LogP contribution is -2.52. The summed E-state index contributed by atoms with van der Waals surface area (Å²) in [5.41, 5.74) is 6.01. The number of nitrogens with two attached hydrogens (primary N) is 1. The number of rotatable bonds is 6. The molecule has 1 aromatic carbocycles. The van der Waals surface area contributed by atoms with Gasteiger partial charge in [-0.05, 0) is 53.4 Å². The van der Waals surface area contributed by atoms with Crippen molar-refractivity contribution < 1.29 is 9.53 Å². The monoisotopic (exact) mass is 378 g/mol. The van der Waals surface area contributed by atoms with E-state index in [-0.39, 0.29) is 18.3 Å². The number of ether oxygens (including phenoxy) is 1. The molecule has 0 aliphatic rings. The molecule has 1 rings (SSSR count). The molecule has 0 fully saturated rings. The van der Waals surface area contributed by atoms with E-state index in [1.54, 1.807) is 25.3 Å². The fraction of sp³-hybridized carbons (Fsp3) is 0.533. The van der Waals surface area contributed by atoms with Crippen molar-refractivity contribution in [2.45, 2.75) is 32.7 Å². The smallest absolute Gasteiger partial charge is 0.251 e. The van der Waals surface area contributed by atoms with Crippen LogP contribution in [0.1, 0.15) is 37.6 Å². The van der Waals surface area contributed by atoms with E-state index in [1.165, 1.54) is 0 Å². The van der Waals surface area contributed by atoms with Crippen LogP contribution in [0.15, 0.2) is 22.7 Å². The Morgan fingerprint density at radius 2 is 2.10 bits per heavy atom. The van der Waals surface area contributed by atoms with Crippen LogP contribution in [0.4, 0.5) is 0 Å². The normalized spacial score (nSPS) is 13.3. The fourth-order valence-corrected chi connectivity index (χ4v) is 2.78. The number of halogens is 2. The van der Waals surface area contributed by atoms with Gasteiger partial charge >= 0.3 is 0 Å². The van der Waals surface area contributed by atoms with Gasteiger partial charge in [0.15, 0.2) is 0 Å². The number of carbonyl (C=O) groups is 1. The molecule has 0 aromatic heterocycles. The van der Waals surface area contributed by atoms with Gasteiger partial charge in [0.1, 0.15) is 5.75 Å². The van der Waals surface area contributed by atoms with Crippen molar-refractivity contribution in [1.29, 1.82) is 0 Å². The Morgan fingerprint density at radius 1 is 1.48 bits per heavy atom. The highest BCUT2D eigenvalue weighted by Gasteiger charge is 2.26. The van der Waals surface area contributed by atoms with E-state index in [4.69, 9.17) is 10.5 Å². The third-order valence-corrected chi connectivity index (χ3v) is 3.76. The number of methoxy groups -OCH3 is 1. The van der Waals surface area contributed by atoms with Crippen molar-refractivity contribution in [3.8, 4) is 5.75 Å². The van der Waals surface area contributed by atoms with Crippen molar-refractivity contribution in [3.05, 3.63) is 28.2 Å². The van der Waals surface area contributed by atoms with Crippen molar-refractivity contribution in [2.75, 3.05) is 13.7 Å². The Kier molecular flexibility index (Phi) is 8.29. The number of nitrogens with one attached hydrogen (secondary N) is 1. The lowest BCUT2D eigenvalue weighted by molar-refractivity contribution is 0.0898. The molecule has 0 aliphatic heterocycles. The third-order valence-electron chi connectivity index (χ3n) is 3.14. The van der Waals surface area contributed by atoms with E-state index < -0.39 is 5.54 Å². The maximum Gasteiger partial charge on any atom is 0.251 e. The first kappa shape index (κ1) is 20.2. The van der Waals surface area contributed by atoms with Crippen LogP contribution in [0.2, 0.25) is 0 Å². The number of benzene rings is 1. The average Bonchev–Trinajstić information content (AvgIpc) is 2.37. The maximum atomic E-state index is 12.3. The number of carbonyl (C=O) groups excluding carboxylic acids is 1. The largest absolute Gasteiger partial charge is 0.496 e. The quantitative estimate of drug-likeness (QED) is 0.796. The predicted octanol–water partition coefficient (Wildman–Crippen LogP) is 3.37. The summed E-state index contributed by atoms with van der Waals surface area (Å²) in [5.74, 6) is 1.04. The molecule has 1 amide bonds. The summed E-state index contributed by atoms with van der Waals surface area (Å²) in [6.07, 6.45) is 0.840. The topological polar surface area (TPSA) is 64.3 Å². The zero-order valence-corrected chi connectivity index (χ0v) is 15.3. The Labute approximate surface area is 141 Å². The third kappa shape index (κ3) is 5.85. The standard InChI is InChI=1S/C15H23BrN2O2.ClH/c1-10(2)8-15(3,9-17)18-14(19)11-5-6-13(20-4)12(16)7-11;/h5-7,10H,8-9,17H2,1-4H3,(H,18,19);1H. The zero-order valence-electron chi connectivity index (χ0n) is 12.9. The van der Waals surface area contributed by atoms with E-state index in [2.05, 4.69) is 35.1 Å². The molecule has 0 saturated heterocycles. The molecular formula is C15H24BrClN2O2. The first-order valence-electron chi connectivity index (χ1n) is 6.67. The minimum atomic E-state index is -0.391. The summed E-state index contributed by atoms with van der Waals surface area (Å²) in [6, 6.07) is 5.26. The van der Waals surface area contributed by atoms with Crippen LogP contribution < -0.4 is 15.8 Å². The lowest BCUT2D eigenvalue weighted by Gasteiger charge is -2.31. The van der Waals surface area contributed by atoms with Crippen molar-refractivity contribution >= 4 is 34.2 Å². The van der Waals surface area contributed by atoms with Crippen LogP contribution in [-0.2, 0) is 0 Å². The summed E-state index contributed by atoms with van der Waals surface area (Å²) in [6.45, 7) is 6.62. The van der Waals surface area contributed by atoms with Crippen molar-refractivity contribution in [3.63, 3.8) is 0 Å². The first-order valence-corrected chi connectivity index (χ1v) is 7.46. The molecule has 0 radical (unpaired) electrons. The molecule has 1 unspecified atom stereocenters. The molecule has 0 bridgehead atoms. The molecule has 0 spiro atoms. The minimum Gasteiger partial charge on any atom is -0.496 e. The van der Waals surface area contributed by atoms with E-state index >= 15 is 0 Å². The Morgan fingerprint density at radius 3 is 2.52 bits per heavy atom. The lowest BCUT2D eigenvalue weighted by atomic mass is 9.90. The minimum absolute atomic E-state index is 0.